The molecule has 0 spiro atoms. The molecule has 6 heteroatoms. The molecule has 0 unspecified atom stereocenters. The van der Waals surface area contributed by atoms with E-state index in [0.29, 0.717) is 11.1 Å². The molecule has 1 N–H and O–H groups in total. The number of carbonyl (C=O) groups excluding carboxylic acids is 1. The van der Waals surface area contributed by atoms with Crippen LogP contribution < -0.4 is 0 Å². The lowest BCUT2D eigenvalue weighted by molar-refractivity contribution is -0.138. The van der Waals surface area contributed by atoms with Crippen LogP contribution >= 0.6 is 0 Å². The van der Waals surface area contributed by atoms with E-state index in [9.17, 15) is 9.59 Å². The molecule has 0 aliphatic carbocycles. The predicted molar refractivity (Wildman–Crippen MR) is 73.6 cm³/mol. The largest absolute Gasteiger partial charge is 0.480 e. The van der Waals surface area contributed by atoms with Crippen molar-refractivity contribution in [3.05, 3.63) is 36.2 Å². The molecule has 0 aliphatic heterocycles. The number of pyridine rings is 1. The highest BCUT2D eigenvalue weighted by atomic mass is 16.4. The lowest BCUT2D eigenvalue weighted by Crippen LogP contribution is -2.48. The standard InChI is InChI=1S/C14H17N3O3/c1-14(2,3)16(9-12(18)19)13(20)10-8-15-17-7-5-4-6-11(10)17/h4-8H,9H2,1-3H3,(H,18,19). The number of carbonyl (C=O) groups is 2. The maximum atomic E-state index is 12.6. The zero-order valence-electron chi connectivity index (χ0n) is 11.7. The summed E-state index contributed by atoms with van der Waals surface area (Å²) >= 11 is 0. The molecule has 0 saturated carbocycles. The van der Waals surface area contributed by atoms with Crippen LogP contribution in [0.5, 0.6) is 0 Å². The number of amides is 1. The van der Waals surface area contributed by atoms with E-state index in [4.69, 9.17) is 5.11 Å². The Bertz CT molecular complexity index is 655. The Balaban J connectivity index is 2.44. The predicted octanol–water partition coefficient (Wildman–Crippen LogP) is 1.66. The van der Waals surface area contributed by atoms with Crippen LogP contribution in [0, 0.1) is 0 Å². The van der Waals surface area contributed by atoms with Crippen molar-refractivity contribution in [3.63, 3.8) is 0 Å². The van der Waals surface area contributed by atoms with Gasteiger partial charge in [0.25, 0.3) is 5.91 Å². The number of carboxylic acid groups (broad SMARTS) is 1. The van der Waals surface area contributed by atoms with Crippen molar-refractivity contribution in [2.45, 2.75) is 26.3 Å². The van der Waals surface area contributed by atoms with E-state index < -0.39 is 11.5 Å². The fourth-order valence-electron chi connectivity index (χ4n) is 1.99. The average molecular weight is 275 g/mol. The average Bonchev–Trinajstić information content (AvgIpc) is 2.77. The van der Waals surface area contributed by atoms with Crippen LogP contribution in [0.4, 0.5) is 0 Å². The number of hydrogen-bond donors (Lipinski definition) is 1. The Morgan fingerprint density at radius 3 is 2.65 bits per heavy atom. The van der Waals surface area contributed by atoms with E-state index >= 15 is 0 Å². The second kappa shape index (κ2) is 4.96. The zero-order valence-corrected chi connectivity index (χ0v) is 11.7. The molecular formula is C14H17N3O3. The van der Waals surface area contributed by atoms with Gasteiger partial charge < -0.3 is 10.0 Å². The van der Waals surface area contributed by atoms with Crippen molar-refractivity contribution >= 4 is 17.4 Å². The van der Waals surface area contributed by atoms with Crippen molar-refractivity contribution in [2.24, 2.45) is 0 Å². The molecule has 2 rings (SSSR count). The number of carboxylic acids is 1. The molecule has 0 bridgehead atoms. The Hall–Kier alpha value is -2.37. The van der Waals surface area contributed by atoms with Crippen LogP contribution in [0.3, 0.4) is 0 Å². The minimum absolute atomic E-state index is 0.332. The lowest BCUT2D eigenvalue weighted by atomic mass is 10.0. The molecule has 0 radical (unpaired) electrons. The topological polar surface area (TPSA) is 74.9 Å². The highest BCUT2D eigenvalue weighted by Gasteiger charge is 2.30. The zero-order chi connectivity index (χ0) is 14.9. The molecule has 0 saturated heterocycles. The third-order valence-corrected chi connectivity index (χ3v) is 3.01. The third-order valence-electron chi connectivity index (χ3n) is 3.01. The lowest BCUT2D eigenvalue weighted by Gasteiger charge is -2.34. The van der Waals surface area contributed by atoms with E-state index in [1.54, 1.807) is 37.5 Å². The Morgan fingerprint density at radius 1 is 1.35 bits per heavy atom. The van der Waals surface area contributed by atoms with Gasteiger partial charge in [-0.15, -0.1) is 0 Å². The second-order valence-corrected chi connectivity index (χ2v) is 5.54. The highest BCUT2D eigenvalue weighted by Crippen LogP contribution is 2.19. The van der Waals surface area contributed by atoms with Crippen LogP contribution in [0.15, 0.2) is 30.6 Å². The Morgan fingerprint density at radius 2 is 2.05 bits per heavy atom. The number of aliphatic carboxylic acids is 1. The molecule has 106 valence electrons. The number of nitrogens with zero attached hydrogens (tertiary/aromatic N) is 3. The summed E-state index contributed by atoms with van der Waals surface area (Å²) in [7, 11) is 0. The van der Waals surface area contributed by atoms with Crippen LogP contribution in [0.1, 0.15) is 31.1 Å². The third kappa shape index (κ3) is 2.64. The van der Waals surface area contributed by atoms with Crippen molar-refractivity contribution in [3.8, 4) is 0 Å². The fraction of sp³-hybridized carbons (Fsp3) is 0.357. The van der Waals surface area contributed by atoms with Crippen molar-refractivity contribution < 1.29 is 14.7 Å². The Labute approximate surface area is 116 Å². The molecular weight excluding hydrogens is 258 g/mol. The molecule has 0 aliphatic rings. The molecule has 0 fully saturated rings. The van der Waals surface area contributed by atoms with Crippen molar-refractivity contribution in [2.75, 3.05) is 6.54 Å². The van der Waals surface area contributed by atoms with Gasteiger partial charge in [-0.05, 0) is 32.9 Å². The first kappa shape index (κ1) is 14.0. The molecule has 20 heavy (non-hydrogen) atoms. The molecule has 0 atom stereocenters. The molecule has 2 aromatic rings. The summed E-state index contributed by atoms with van der Waals surface area (Å²) in [6.45, 7) is 5.07. The Kier molecular flexibility index (Phi) is 3.48. The normalized spacial score (nSPS) is 11.6. The summed E-state index contributed by atoms with van der Waals surface area (Å²) < 4.78 is 1.59. The first-order valence-electron chi connectivity index (χ1n) is 6.27. The van der Waals surface area contributed by atoms with E-state index in [0.717, 1.165) is 0 Å². The smallest absolute Gasteiger partial charge is 0.323 e. The van der Waals surface area contributed by atoms with Crippen LogP contribution in [-0.4, -0.2) is 43.6 Å². The van der Waals surface area contributed by atoms with Crippen molar-refractivity contribution in [1.29, 1.82) is 0 Å². The maximum Gasteiger partial charge on any atom is 0.323 e. The van der Waals surface area contributed by atoms with Gasteiger partial charge in [0.2, 0.25) is 0 Å². The van der Waals surface area contributed by atoms with E-state index in [1.165, 1.54) is 11.1 Å². The van der Waals surface area contributed by atoms with Gasteiger partial charge >= 0.3 is 5.97 Å². The second-order valence-electron chi connectivity index (χ2n) is 5.54. The van der Waals surface area contributed by atoms with Gasteiger partial charge in [-0.2, -0.15) is 5.10 Å². The summed E-state index contributed by atoms with van der Waals surface area (Å²) in [5.41, 5.74) is 0.484. The van der Waals surface area contributed by atoms with Crippen LogP contribution in [0.2, 0.25) is 0 Å². The van der Waals surface area contributed by atoms with Gasteiger partial charge in [-0.25, -0.2) is 4.52 Å². The maximum absolute atomic E-state index is 12.6. The molecule has 2 aromatic heterocycles. The SMILES string of the molecule is CC(C)(C)N(CC(=O)O)C(=O)c1cnn2ccccc12. The van der Waals surface area contributed by atoms with Crippen LogP contribution in [0.25, 0.3) is 5.52 Å². The molecule has 2 heterocycles. The van der Waals surface area contributed by atoms with Gasteiger partial charge in [-0.1, -0.05) is 6.07 Å². The summed E-state index contributed by atoms with van der Waals surface area (Å²) in [5.74, 6) is -1.37. The number of hydrogen-bond acceptors (Lipinski definition) is 3. The molecule has 1 amide bonds. The highest BCUT2D eigenvalue weighted by molar-refractivity contribution is 6.02. The van der Waals surface area contributed by atoms with Crippen LogP contribution in [-0.2, 0) is 4.79 Å². The minimum atomic E-state index is -1.04. The summed E-state index contributed by atoms with van der Waals surface area (Å²) in [5, 5.41) is 13.1. The van der Waals surface area contributed by atoms with Gasteiger partial charge in [-0.3, -0.25) is 9.59 Å². The van der Waals surface area contributed by atoms with Gasteiger partial charge in [0.1, 0.15) is 6.54 Å². The fourth-order valence-corrected chi connectivity index (χ4v) is 1.99. The summed E-state index contributed by atoms with van der Waals surface area (Å²) in [6.07, 6.45) is 3.21. The van der Waals surface area contributed by atoms with Gasteiger partial charge in [0.15, 0.2) is 0 Å². The quantitative estimate of drug-likeness (QED) is 0.924. The molecule has 0 aromatic carbocycles. The van der Waals surface area contributed by atoms with E-state index in [2.05, 4.69) is 5.10 Å². The first-order chi connectivity index (χ1) is 9.30. The van der Waals surface area contributed by atoms with Gasteiger partial charge in [0, 0.05) is 11.7 Å². The number of fused-ring (bicyclic) bond motifs is 1. The minimum Gasteiger partial charge on any atom is -0.480 e. The monoisotopic (exact) mass is 275 g/mol. The van der Waals surface area contributed by atoms with E-state index in [1.807, 2.05) is 12.1 Å². The van der Waals surface area contributed by atoms with Gasteiger partial charge in [0.05, 0.1) is 17.3 Å². The van der Waals surface area contributed by atoms with Crippen molar-refractivity contribution in [1.82, 2.24) is 14.5 Å². The van der Waals surface area contributed by atoms with E-state index in [-0.39, 0.29) is 12.5 Å². The first-order valence-corrected chi connectivity index (χ1v) is 6.27. The summed E-state index contributed by atoms with van der Waals surface area (Å²) in [6, 6.07) is 5.40. The molecule has 6 nitrogen and oxygen atoms in total. The number of rotatable bonds is 3. The summed E-state index contributed by atoms with van der Waals surface area (Å²) in [4.78, 5) is 24.9. The number of aromatic nitrogens is 2.